The highest BCUT2D eigenvalue weighted by Crippen LogP contribution is 2.28. The van der Waals surface area contributed by atoms with E-state index in [-0.39, 0.29) is 12.1 Å². The van der Waals surface area contributed by atoms with Gasteiger partial charge in [-0.15, -0.1) is 0 Å². The van der Waals surface area contributed by atoms with Gasteiger partial charge in [0, 0.05) is 24.6 Å². The molecule has 1 aliphatic rings. The first-order valence-corrected chi connectivity index (χ1v) is 8.28. The number of ether oxygens (including phenoxy) is 2. The van der Waals surface area contributed by atoms with Gasteiger partial charge in [0.25, 0.3) is 0 Å². The number of nitrogens with one attached hydrogen (secondary N) is 1. The van der Waals surface area contributed by atoms with Crippen LogP contribution in [0.4, 0.5) is 14.9 Å². The molecule has 0 aliphatic carbocycles. The number of nitrogens with zero attached hydrogens (tertiary/aromatic N) is 2. The molecule has 0 bridgehead atoms. The number of benzene rings is 1. The third kappa shape index (κ3) is 5.27. The van der Waals surface area contributed by atoms with Crippen LogP contribution in [0, 0.1) is 15.9 Å². The summed E-state index contributed by atoms with van der Waals surface area (Å²) in [6, 6.07) is 4.11. The molecule has 1 heterocycles. The summed E-state index contributed by atoms with van der Waals surface area (Å²) in [6.45, 7) is 3.17. The number of aliphatic hydroxyl groups is 1. The highest BCUT2D eigenvalue weighted by molar-refractivity contribution is 5.67. The number of amides is 1. The third-order valence-electron chi connectivity index (χ3n) is 3.89. The number of aliphatic hydroxyl groups excluding tert-OH is 1. The number of morpholine rings is 1. The van der Waals surface area contributed by atoms with Crippen molar-refractivity contribution in [2.45, 2.75) is 19.1 Å². The van der Waals surface area contributed by atoms with Crippen molar-refractivity contribution in [3.63, 3.8) is 0 Å². The number of rotatable bonds is 7. The topological polar surface area (TPSA) is 114 Å². The molecule has 1 aliphatic heterocycles. The Balaban J connectivity index is 2.23. The highest BCUT2D eigenvalue weighted by Gasteiger charge is 2.30. The van der Waals surface area contributed by atoms with E-state index < -0.39 is 35.6 Å². The molecule has 2 N–H and O–H groups in total. The van der Waals surface area contributed by atoms with Crippen LogP contribution in [0.1, 0.15) is 18.6 Å². The summed E-state index contributed by atoms with van der Waals surface area (Å²) in [5, 5.41) is 23.1. The van der Waals surface area contributed by atoms with Crippen LogP contribution in [-0.2, 0) is 9.47 Å². The maximum Gasteiger partial charge on any atom is 0.407 e. The molecule has 0 saturated carbocycles. The predicted octanol–water partition coefficient (Wildman–Crippen LogP) is 1.09. The summed E-state index contributed by atoms with van der Waals surface area (Å²) in [6.07, 6.45) is -3.82. The van der Waals surface area contributed by atoms with Crippen molar-refractivity contribution >= 4 is 11.8 Å². The van der Waals surface area contributed by atoms with Crippen LogP contribution in [0.15, 0.2) is 18.2 Å². The van der Waals surface area contributed by atoms with E-state index in [2.05, 4.69) is 5.32 Å². The summed E-state index contributed by atoms with van der Waals surface area (Å²) < 4.78 is 24.9. The van der Waals surface area contributed by atoms with Crippen molar-refractivity contribution in [2.24, 2.45) is 0 Å². The first kappa shape index (κ1) is 19.9. The second-order valence-corrected chi connectivity index (χ2v) is 5.75. The Bertz CT molecular complexity index is 638. The molecule has 2 atom stereocenters. The molecule has 10 heteroatoms. The Kier molecular flexibility index (Phi) is 7.10. The van der Waals surface area contributed by atoms with Gasteiger partial charge < -0.3 is 24.8 Å². The predicted molar refractivity (Wildman–Crippen MR) is 90.2 cm³/mol. The molecular weight excluding hydrogens is 349 g/mol. The Hall–Kier alpha value is -2.46. The molecule has 0 aromatic heterocycles. The van der Waals surface area contributed by atoms with Crippen molar-refractivity contribution in [1.29, 1.82) is 0 Å². The minimum Gasteiger partial charge on any atom is -0.438 e. The molecule has 1 aromatic rings. The Morgan fingerprint density at radius 3 is 2.77 bits per heavy atom. The molecule has 1 fully saturated rings. The minimum absolute atomic E-state index is 0.139. The summed E-state index contributed by atoms with van der Waals surface area (Å²) in [4.78, 5) is 23.5. The molecule has 0 radical (unpaired) electrons. The van der Waals surface area contributed by atoms with Gasteiger partial charge in [-0.1, -0.05) is 6.07 Å². The zero-order valence-corrected chi connectivity index (χ0v) is 14.4. The summed E-state index contributed by atoms with van der Waals surface area (Å²) in [7, 11) is 0. The number of alkyl carbamates (subject to hydrolysis) is 1. The largest absolute Gasteiger partial charge is 0.438 e. The number of carbonyl (C=O) groups is 1. The molecular formula is C16H22FN3O6. The number of halogens is 1. The lowest BCUT2D eigenvalue weighted by molar-refractivity contribution is -0.493. The first-order valence-electron chi connectivity index (χ1n) is 8.28. The molecule has 1 amide bonds. The van der Waals surface area contributed by atoms with Gasteiger partial charge in [0.15, 0.2) is 12.2 Å². The monoisotopic (exact) mass is 371 g/mol. The molecule has 2 unspecified atom stereocenters. The SMILES string of the molecule is CCNC(=O)OC(c1ccc(N2CCOCC2)c(F)c1)C(O)C[N+](=O)[O-]. The van der Waals surface area contributed by atoms with E-state index in [1.54, 1.807) is 6.92 Å². The normalized spacial score (nSPS) is 16.7. The fourth-order valence-corrected chi connectivity index (χ4v) is 2.68. The lowest BCUT2D eigenvalue weighted by Gasteiger charge is -2.29. The molecule has 2 rings (SSSR count). The van der Waals surface area contributed by atoms with Crippen molar-refractivity contribution in [1.82, 2.24) is 5.32 Å². The second kappa shape index (κ2) is 9.30. The number of hydrogen-bond donors (Lipinski definition) is 2. The fraction of sp³-hybridized carbons (Fsp3) is 0.562. The van der Waals surface area contributed by atoms with E-state index >= 15 is 0 Å². The van der Waals surface area contributed by atoms with Crippen LogP contribution in [-0.4, -0.2) is 61.6 Å². The Labute approximate surface area is 149 Å². The zero-order chi connectivity index (χ0) is 19.1. The minimum atomic E-state index is -1.61. The Morgan fingerprint density at radius 1 is 1.50 bits per heavy atom. The number of carbonyl (C=O) groups excluding carboxylic acids is 1. The summed E-state index contributed by atoms with van der Waals surface area (Å²) >= 11 is 0. The number of nitro groups is 1. The van der Waals surface area contributed by atoms with E-state index in [4.69, 9.17) is 9.47 Å². The molecule has 9 nitrogen and oxygen atoms in total. The summed E-state index contributed by atoms with van der Waals surface area (Å²) in [5.41, 5.74) is 0.498. The van der Waals surface area contributed by atoms with Crippen LogP contribution in [0.25, 0.3) is 0 Å². The lowest BCUT2D eigenvalue weighted by atomic mass is 10.0. The van der Waals surface area contributed by atoms with Crippen molar-refractivity contribution in [3.8, 4) is 0 Å². The fourth-order valence-electron chi connectivity index (χ4n) is 2.68. The van der Waals surface area contributed by atoms with Crippen molar-refractivity contribution in [3.05, 3.63) is 39.7 Å². The van der Waals surface area contributed by atoms with Gasteiger partial charge in [-0.05, 0) is 24.6 Å². The third-order valence-corrected chi connectivity index (χ3v) is 3.89. The van der Waals surface area contributed by atoms with Crippen LogP contribution in [0.3, 0.4) is 0 Å². The molecule has 26 heavy (non-hydrogen) atoms. The molecule has 1 saturated heterocycles. The van der Waals surface area contributed by atoms with Gasteiger partial charge in [0.05, 0.1) is 18.9 Å². The van der Waals surface area contributed by atoms with E-state index in [0.717, 1.165) is 6.07 Å². The number of hydrogen-bond acceptors (Lipinski definition) is 7. The lowest BCUT2D eigenvalue weighted by Crippen LogP contribution is -2.37. The molecule has 1 aromatic carbocycles. The maximum atomic E-state index is 14.6. The van der Waals surface area contributed by atoms with Gasteiger partial charge in [0.1, 0.15) is 5.82 Å². The zero-order valence-electron chi connectivity index (χ0n) is 14.4. The van der Waals surface area contributed by atoms with Crippen LogP contribution in [0.5, 0.6) is 0 Å². The van der Waals surface area contributed by atoms with Crippen molar-refractivity contribution < 1.29 is 28.7 Å². The van der Waals surface area contributed by atoms with Crippen LogP contribution in [0.2, 0.25) is 0 Å². The number of anilines is 1. The van der Waals surface area contributed by atoms with E-state index in [1.807, 2.05) is 4.90 Å². The van der Waals surface area contributed by atoms with Gasteiger partial charge >= 0.3 is 6.09 Å². The van der Waals surface area contributed by atoms with Crippen molar-refractivity contribution in [2.75, 3.05) is 44.3 Å². The van der Waals surface area contributed by atoms with Gasteiger partial charge in [0.2, 0.25) is 6.54 Å². The van der Waals surface area contributed by atoms with Crippen LogP contribution >= 0.6 is 0 Å². The first-order chi connectivity index (χ1) is 12.4. The smallest absolute Gasteiger partial charge is 0.407 e. The molecule has 144 valence electrons. The van der Waals surface area contributed by atoms with Crippen LogP contribution < -0.4 is 10.2 Å². The standard InChI is InChI=1S/C16H22FN3O6/c1-2-18-16(22)26-15(14(21)10-20(23)24)11-3-4-13(12(17)9-11)19-5-7-25-8-6-19/h3-4,9,14-15,21H,2,5-8,10H2,1H3,(H,18,22). The van der Waals surface area contributed by atoms with Gasteiger partial charge in [-0.2, -0.15) is 0 Å². The maximum absolute atomic E-state index is 14.6. The average molecular weight is 371 g/mol. The summed E-state index contributed by atoms with van der Waals surface area (Å²) in [5.74, 6) is -0.567. The average Bonchev–Trinajstić information content (AvgIpc) is 2.60. The van der Waals surface area contributed by atoms with Gasteiger partial charge in [-0.3, -0.25) is 10.1 Å². The van der Waals surface area contributed by atoms with E-state index in [0.29, 0.717) is 32.0 Å². The second-order valence-electron chi connectivity index (χ2n) is 5.75. The Morgan fingerprint density at radius 2 is 2.19 bits per heavy atom. The van der Waals surface area contributed by atoms with Gasteiger partial charge in [-0.25, -0.2) is 9.18 Å². The molecule has 0 spiro atoms. The van der Waals surface area contributed by atoms with E-state index in [9.17, 15) is 24.4 Å². The van der Waals surface area contributed by atoms with E-state index in [1.165, 1.54) is 12.1 Å². The highest BCUT2D eigenvalue weighted by atomic mass is 19.1. The quantitative estimate of drug-likeness (QED) is 0.545.